The number of rotatable bonds is 12. The second kappa shape index (κ2) is 11.9. The molecule has 1 aliphatic rings. The van der Waals surface area contributed by atoms with E-state index < -0.39 is 5.54 Å². The number of halogens is 1. The lowest BCUT2D eigenvalue weighted by atomic mass is 9.77. The minimum atomic E-state index is -0.897. The molecular weight excluding hydrogens is 417 g/mol. The molecule has 1 amide bonds. The highest BCUT2D eigenvalue weighted by atomic mass is 19.1. The molecule has 0 radical (unpaired) electrons. The molecule has 2 aromatic carbocycles. The number of amides is 1. The van der Waals surface area contributed by atoms with Gasteiger partial charge in [-0.15, -0.1) is 0 Å². The van der Waals surface area contributed by atoms with Crippen LogP contribution in [0.5, 0.6) is 0 Å². The normalized spacial score (nSPS) is 20.1. The Hall–Kier alpha value is -2.73. The topological polar surface area (TPSA) is 64.9 Å². The van der Waals surface area contributed by atoms with Crippen LogP contribution in [0.4, 0.5) is 10.1 Å². The van der Waals surface area contributed by atoms with E-state index in [1.54, 1.807) is 12.1 Å². The molecule has 2 aromatic rings. The molecule has 0 bridgehead atoms. The summed E-state index contributed by atoms with van der Waals surface area (Å²) in [4.78, 5) is 13.7. The first-order chi connectivity index (χ1) is 16.0. The van der Waals surface area contributed by atoms with Gasteiger partial charge in [0.2, 0.25) is 5.91 Å². The van der Waals surface area contributed by atoms with Crippen molar-refractivity contribution in [2.45, 2.75) is 64.3 Å². The van der Waals surface area contributed by atoms with Gasteiger partial charge in [0.15, 0.2) is 0 Å². The third-order valence-corrected chi connectivity index (χ3v) is 6.47. The number of nitrogens with one attached hydrogen (secondary N) is 1. The summed E-state index contributed by atoms with van der Waals surface area (Å²) in [6.07, 6.45) is 6.39. The average Bonchev–Trinajstić information content (AvgIpc) is 3.14. The van der Waals surface area contributed by atoms with Gasteiger partial charge in [0.1, 0.15) is 11.4 Å². The standard InChI is InChI=1S/C27H36FN3O2/c1-3-4-14-24-25(21-15-17-22(28)18-16-21)30-31(23-12-8-7-9-13-23)27(24,2)26(33)29-19-10-5-6-11-20-32/h7-9,12-13,15-18,24,32H,3-6,10-11,14,19-20H2,1-2H3,(H,29,33). The summed E-state index contributed by atoms with van der Waals surface area (Å²) in [5.74, 6) is -0.461. The summed E-state index contributed by atoms with van der Waals surface area (Å²) in [5, 5.41) is 18.9. The van der Waals surface area contributed by atoms with Gasteiger partial charge in [-0.3, -0.25) is 4.79 Å². The van der Waals surface area contributed by atoms with Crippen LogP contribution in [-0.2, 0) is 4.79 Å². The number of benzene rings is 2. The predicted octanol–water partition coefficient (Wildman–Crippen LogP) is 5.28. The Morgan fingerprint density at radius 3 is 2.42 bits per heavy atom. The summed E-state index contributed by atoms with van der Waals surface area (Å²) < 4.78 is 13.6. The van der Waals surface area contributed by atoms with E-state index in [0.717, 1.165) is 61.9 Å². The van der Waals surface area contributed by atoms with Gasteiger partial charge in [-0.2, -0.15) is 5.10 Å². The van der Waals surface area contributed by atoms with E-state index in [9.17, 15) is 9.18 Å². The van der Waals surface area contributed by atoms with Crippen LogP contribution in [0.25, 0.3) is 0 Å². The fourth-order valence-electron chi connectivity index (χ4n) is 4.52. The Labute approximate surface area is 196 Å². The average molecular weight is 454 g/mol. The molecule has 5 nitrogen and oxygen atoms in total. The SMILES string of the molecule is CCCCC1C(c2ccc(F)cc2)=NN(c2ccccc2)C1(C)C(=O)NCCCCCCO. The molecule has 2 N–H and O–H groups in total. The molecule has 0 saturated carbocycles. The molecule has 0 saturated heterocycles. The second-order valence-electron chi connectivity index (χ2n) is 8.88. The smallest absolute Gasteiger partial charge is 0.248 e. The molecular formula is C27H36FN3O2. The molecule has 33 heavy (non-hydrogen) atoms. The molecule has 0 spiro atoms. The first kappa shape index (κ1) is 24.9. The van der Waals surface area contributed by atoms with Crippen LogP contribution in [0.1, 0.15) is 64.4 Å². The minimum absolute atomic E-state index is 0.0459. The maximum Gasteiger partial charge on any atom is 0.248 e. The van der Waals surface area contributed by atoms with Crippen LogP contribution in [0.15, 0.2) is 59.7 Å². The number of carbonyl (C=O) groups is 1. The van der Waals surface area contributed by atoms with Crippen molar-refractivity contribution in [3.8, 4) is 0 Å². The molecule has 1 heterocycles. The number of hydrazone groups is 1. The van der Waals surface area contributed by atoms with E-state index in [1.807, 2.05) is 42.3 Å². The van der Waals surface area contributed by atoms with Gasteiger partial charge in [-0.25, -0.2) is 9.40 Å². The van der Waals surface area contributed by atoms with Crippen molar-refractivity contribution >= 4 is 17.3 Å². The van der Waals surface area contributed by atoms with E-state index >= 15 is 0 Å². The van der Waals surface area contributed by atoms with Gasteiger partial charge in [0, 0.05) is 19.1 Å². The molecule has 6 heteroatoms. The number of para-hydroxylation sites is 1. The van der Waals surface area contributed by atoms with Crippen LogP contribution in [0.3, 0.4) is 0 Å². The number of unbranched alkanes of at least 4 members (excludes halogenated alkanes) is 4. The Kier molecular flexibility index (Phi) is 9.01. The zero-order valence-electron chi connectivity index (χ0n) is 19.8. The second-order valence-corrected chi connectivity index (χ2v) is 8.88. The van der Waals surface area contributed by atoms with Gasteiger partial charge in [0.25, 0.3) is 0 Å². The maximum atomic E-state index is 13.7. The van der Waals surface area contributed by atoms with Crippen LogP contribution >= 0.6 is 0 Å². The van der Waals surface area contributed by atoms with Crippen molar-refractivity contribution in [1.29, 1.82) is 0 Å². The van der Waals surface area contributed by atoms with Crippen molar-refractivity contribution in [2.75, 3.05) is 18.2 Å². The zero-order chi connectivity index (χ0) is 23.7. The molecule has 2 atom stereocenters. The summed E-state index contributed by atoms with van der Waals surface area (Å²) >= 11 is 0. The van der Waals surface area contributed by atoms with Crippen molar-refractivity contribution < 1.29 is 14.3 Å². The zero-order valence-corrected chi connectivity index (χ0v) is 19.8. The monoisotopic (exact) mass is 453 g/mol. The van der Waals surface area contributed by atoms with Crippen LogP contribution in [0, 0.1) is 11.7 Å². The van der Waals surface area contributed by atoms with Gasteiger partial charge < -0.3 is 10.4 Å². The predicted molar refractivity (Wildman–Crippen MR) is 132 cm³/mol. The van der Waals surface area contributed by atoms with Crippen molar-refractivity contribution in [1.82, 2.24) is 5.32 Å². The highest BCUT2D eigenvalue weighted by molar-refractivity contribution is 6.10. The Morgan fingerprint density at radius 1 is 1.06 bits per heavy atom. The molecule has 0 fully saturated rings. The van der Waals surface area contributed by atoms with Gasteiger partial charge >= 0.3 is 0 Å². The fourth-order valence-corrected chi connectivity index (χ4v) is 4.52. The van der Waals surface area contributed by atoms with Crippen LogP contribution in [-0.4, -0.2) is 35.4 Å². The van der Waals surface area contributed by atoms with Crippen molar-refractivity contribution in [3.63, 3.8) is 0 Å². The van der Waals surface area contributed by atoms with Crippen LogP contribution < -0.4 is 10.3 Å². The summed E-state index contributed by atoms with van der Waals surface area (Å²) in [6, 6.07) is 16.2. The Morgan fingerprint density at radius 2 is 1.76 bits per heavy atom. The number of anilines is 1. The largest absolute Gasteiger partial charge is 0.396 e. The molecule has 1 aliphatic heterocycles. The molecule has 2 unspecified atom stereocenters. The fraction of sp³-hybridized carbons (Fsp3) is 0.481. The van der Waals surface area contributed by atoms with Gasteiger partial charge in [-0.05, 0) is 56.0 Å². The van der Waals surface area contributed by atoms with E-state index in [-0.39, 0.29) is 24.2 Å². The van der Waals surface area contributed by atoms with E-state index in [0.29, 0.717) is 6.54 Å². The number of aliphatic hydroxyl groups excluding tert-OH is 1. The van der Waals surface area contributed by atoms with Gasteiger partial charge in [0.05, 0.1) is 11.4 Å². The summed E-state index contributed by atoms with van der Waals surface area (Å²) in [7, 11) is 0. The number of nitrogens with zero attached hydrogens (tertiary/aromatic N) is 2. The first-order valence-electron chi connectivity index (χ1n) is 12.1. The lowest BCUT2D eigenvalue weighted by Crippen LogP contribution is -2.58. The quantitative estimate of drug-likeness (QED) is 0.430. The highest BCUT2D eigenvalue weighted by Crippen LogP contribution is 2.41. The highest BCUT2D eigenvalue weighted by Gasteiger charge is 2.53. The van der Waals surface area contributed by atoms with E-state index in [1.165, 1.54) is 12.1 Å². The van der Waals surface area contributed by atoms with E-state index in [4.69, 9.17) is 10.2 Å². The van der Waals surface area contributed by atoms with Crippen LogP contribution in [0.2, 0.25) is 0 Å². The Bertz CT molecular complexity index is 917. The number of aliphatic hydroxyl groups is 1. The lowest BCUT2D eigenvalue weighted by Gasteiger charge is -2.37. The lowest BCUT2D eigenvalue weighted by molar-refractivity contribution is -0.126. The molecule has 0 aliphatic carbocycles. The number of hydrogen-bond donors (Lipinski definition) is 2. The summed E-state index contributed by atoms with van der Waals surface area (Å²) in [6.45, 7) is 4.91. The summed E-state index contributed by atoms with van der Waals surface area (Å²) in [5.41, 5.74) is 1.63. The molecule has 3 rings (SSSR count). The minimum Gasteiger partial charge on any atom is -0.396 e. The van der Waals surface area contributed by atoms with Gasteiger partial charge in [-0.1, -0.05) is 62.9 Å². The molecule has 0 aromatic heterocycles. The van der Waals surface area contributed by atoms with Crippen molar-refractivity contribution in [3.05, 3.63) is 66.0 Å². The first-order valence-corrected chi connectivity index (χ1v) is 12.1. The molecule has 178 valence electrons. The third kappa shape index (κ3) is 5.80. The van der Waals surface area contributed by atoms with E-state index in [2.05, 4.69) is 12.2 Å². The number of carbonyl (C=O) groups excluding carboxylic acids is 1. The Balaban J connectivity index is 1.92. The van der Waals surface area contributed by atoms with Crippen molar-refractivity contribution in [2.24, 2.45) is 11.0 Å². The number of hydrogen-bond acceptors (Lipinski definition) is 4. The maximum absolute atomic E-state index is 13.7. The third-order valence-electron chi connectivity index (χ3n) is 6.47.